The van der Waals surface area contributed by atoms with E-state index in [9.17, 15) is 14.4 Å². The maximum atomic E-state index is 12.8. The molecule has 0 unspecified atom stereocenters. The molecule has 1 saturated heterocycles. The minimum absolute atomic E-state index is 0.0144. The Balaban J connectivity index is 1.53. The van der Waals surface area contributed by atoms with Crippen LogP contribution in [0.4, 0.5) is 11.9 Å². The molecular formula is C19H16ClN5O3. The van der Waals surface area contributed by atoms with Gasteiger partial charge in [0.1, 0.15) is 0 Å². The normalized spacial score (nSPS) is 26.2. The number of fused-ring (bicyclic) bond motifs is 2. The average molecular weight is 398 g/mol. The first kappa shape index (κ1) is 17.1. The first-order valence-electron chi connectivity index (χ1n) is 9.07. The number of allylic oxidation sites excluding steroid dienone is 2. The van der Waals surface area contributed by atoms with E-state index in [4.69, 9.17) is 11.6 Å². The standard InChI is InChI=1S/C19H16ClN5O3/c20-11-7-5-10(6-8-11)14-9-15(26)21-18-22-19(23-25(14)18)24-16(27)12-3-1-2-4-13(12)17(24)28/h1-2,5-8,12-14H,3-4,9H2,(H,21,22,23,26)/t12-,13-,14-/m1/s1. The van der Waals surface area contributed by atoms with Crippen molar-refractivity contribution in [3.05, 3.63) is 47.0 Å². The molecule has 142 valence electrons. The highest BCUT2D eigenvalue weighted by Gasteiger charge is 2.49. The molecule has 3 aliphatic rings. The van der Waals surface area contributed by atoms with E-state index in [0.717, 1.165) is 10.5 Å². The second-order valence-corrected chi connectivity index (χ2v) is 7.60. The van der Waals surface area contributed by atoms with Crippen LogP contribution < -0.4 is 10.2 Å². The van der Waals surface area contributed by atoms with E-state index in [1.807, 2.05) is 24.3 Å². The quantitative estimate of drug-likeness (QED) is 0.619. The van der Waals surface area contributed by atoms with Crippen molar-refractivity contribution in [2.75, 3.05) is 10.2 Å². The van der Waals surface area contributed by atoms with Gasteiger partial charge in [0.05, 0.1) is 24.3 Å². The number of amides is 3. The van der Waals surface area contributed by atoms with Gasteiger partial charge in [-0.25, -0.2) is 9.58 Å². The molecule has 9 heteroatoms. The van der Waals surface area contributed by atoms with E-state index >= 15 is 0 Å². The Morgan fingerprint density at radius 2 is 1.64 bits per heavy atom. The number of halogens is 1. The minimum Gasteiger partial charge on any atom is -0.295 e. The average Bonchev–Trinajstić information content (AvgIpc) is 3.21. The number of hydrogen-bond acceptors (Lipinski definition) is 5. The number of anilines is 2. The molecule has 3 amide bonds. The summed E-state index contributed by atoms with van der Waals surface area (Å²) in [4.78, 5) is 43.1. The minimum atomic E-state index is -0.390. The summed E-state index contributed by atoms with van der Waals surface area (Å²) in [6.07, 6.45) is 5.12. The zero-order chi connectivity index (χ0) is 19.4. The number of carbonyl (C=O) groups is 3. The van der Waals surface area contributed by atoms with Crippen LogP contribution in [0.2, 0.25) is 5.02 Å². The number of carbonyl (C=O) groups excluding carboxylic acids is 3. The van der Waals surface area contributed by atoms with Gasteiger partial charge in [-0.05, 0) is 30.5 Å². The SMILES string of the molecule is O=C1C[C@H](c2ccc(Cl)cc2)n2nc(N3C(=O)[C@@H]4CC=CC[C@H]4C3=O)nc2N1. The molecule has 3 atom stereocenters. The summed E-state index contributed by atoms with van der Waals surface area (Å²) in [5, 5.41) is 7.69. The molecule has 1 aliphatic carbocycles. The van der Waals surface area contributed by atoms with E-state index < -0.39 is 0 Å². The summed E-state index contributed by atoms with van der Waals surface area (Å²) in [7, 11) is 0. The highest BCUT2D eigenvalue weighted by atomic mass is 35.5. The van der Waals surface area contributed by atoms with Crippen LogP contribution in [0.5, 0.6) is 0 Å². The van der Waals surface area contributed by atoms with Crippen LogP contribution in [0.3, 0.4) is 0 Å². The molecule has 1 aromatic carbocycles. The summed E-state index contributed by atoms with van der Waals surface area (Å²) < 4.78 is 1.56. The van der Waals surface area contributed by atoms with Crippen LogP contribution in [0.25, 0.3) is 0 Å². The summed E-state index contributed by atoms with van der Waals surface area (Å²) in [6.45, 7) is 0. The van der Waals surface area contributed by atoms with Gasteiger partial charge in [0.2, 0.25) is 23.7 Å². The van der Waals surface area contributed by atoms with Gasteiger partial charge >= 0.3 is 0 Å². The second-order valence-electron chi connectivity index (χ2n) is 7.17. The molecular weight excluding hydrogens is 382 g/mol. The number of nitrogens with one attached hydrogen (secondary N) is 1. The van der Waals surface area contributed by atoms with Gasteiger partial charge in [0, 0.05) is 5.02 Å². The zero-order valence-corrected chi connectivity index (χ0v) is 15.5. The highest BCUT2D eigenvalue weighted by molar-refractivity contribution is 6.30. The Kier molecular flexibility index (Phi) is 3.83. The van der Waals surface area contributed by atoms with Crippen molar-refractivity contribution in [1.29, 1.82) is 0 Å². The molecule has 2 aromatic rings. The third-order valence-corrected chi connectivity index (χ3v) is 5.76. The van der Waals surface area contributed by atoms with E-state index in [0.29, 0.717) is 17.9 Å². The van der Waals surface area contributed by atoms with Crippen molar-refractivity contribution in [1.82, 2.24) is 14.8 Å². The van der Waals surface area contributed by atoms with Crippen molar-refractivity contribution in [3.63, 3.8) is 0 Å². The summed E-state index contributed by atoms with van der Waals surface area (Å²) in [5.74, 6) is -1.25. The number of hydrogen-bond donors (Lipinski definition) is 1. The Hall–Kier alpha value is -3.00. The van der Waals surface area contributed by atoms with Crippen LogP contribution in [0, 0.1) is 11.8 Å². The molecule has 8 nitrogen and oxygen atoms in total. The largest absolute Gasteiger partial charge is 0.295 e. The van der Waals surface area contributed by atoms with E-state index in [2.05, 4.69) is 15.4 Å². The predicted molar refractivity (Wildman–Crippen MR) is 101 cm³/mol. The molecule has 1 fully saturated rings. The van der Waals surface area contributed by atoms with Gasteiger partial charge in [-0.15, -0.1) is 5.10 Å². The lowest BCUT2D eigenvalue weighted by Crippen LogP contribution is -2.32. The molecule has 0 saturated carbocycles. The lowest BCUT2D eigenvalue weighted by atomic mass is 9.85. The summed E-state index contributed by atoms with van der Waals surface area (Å²) in [5.41, 5.74) is 0.842. The van der Waals surface area contributed by atoms with Crippen LogP contribution in [-0.4, -0.2) is 32.5 Å². The molecule has 0 bridgehead atoms. The molecule has 0 spiro atoms. The van der Waals surface area contributed by atoms with Gasteiger partial charge < -0.3 is 0 Å². The smallest absolute Gasteiger partial charge is 0.260 e. The number of nitrogens with zero attached hydrogens (tertiary/aromatic N) is 4. The fraction of sp³-hybridized carbons (Fsp3) is 0.316. The topological polar surface area (TPSA) is 97.2 Å². The van der Waals surface area contributed by atoms with Crippen LogP contribution in [-0.2, 0) is 14.4 Å². The predicted octanol–water partition coefficient (Wildman–Crippen LogP) is 2.32. The Labute approximate surface area is 165 Å². The van der Waals surface area contributed by atoms with Crippen molar-refractivity contribution < 1.29 is 14.4 Å². The lowest BCUT2D eigenvalue weighted by Gasteiger charge is -2.23. The van der Waals surface area contributed by atoms with Crippen molar-refractivity contribution in [2.24, 2.45) is 11.8 Å². The molecule has 2 aliphatic heterocycles. The van der Waals surface area contributed by atoms with Crippen LogP contribution in [0.15, 0.2) is 36.4 Å². The molecule has 3 heterocycles. The first-order valence-corrected chi connectivity index (χ1v) is 9.45. The fourth-order valence-electron chi connectivity index (χ4n) is 4.09. The zero-order valence-electron chi connectivity index (χ0n) is 14.7. The lowest BCUT2D eigenvalue weighted by molar-refractivity contribution is -0.122. The number of aromatic nitrogens is 3. The maximum Gasteiger partial charge on any atom is 0.260 e. The number of imide groups is 1. The van der Waals surface area contributed by atoms with E-state index in [-0.39, 0.29) is 53.9 Å². The Bertz CT molecular complexity index is 1000. The second kappa shape index (κ2) is 6.27. The first-order chi connectivity index (χ1) is 13.5. The monoisotopic (exact) mass is 397 g/mol. The Morgan fingerprint density at radius 1 is 1.00 bits per heavy atom. The molecule has 28 heavy (non-hydrogen) atoms. The van der Waals surface area contributed by atoms with Gasteiger partial charge in [0.15, 0.2) is 0 Å². The third kappa shape index (κ3) is 2.56. The summed E-state index contributed by atoms with van der Waals surface area (Å²) >= 11 is 5.96. The molecule has 1 aromatic heterocycles. The van der Waals surface area contributed by atoms with Gasteiger partial charge in [0.25, 0.3) is 5.95 Å². The number of rotatable bonds is 2. The third-order valence-electron chi connectivity index (χ3n) is 5.51. The maximum absolute atomic E-state index is 12.8. The van der Waals surface area contributed by atoms with Crippen molar-refractivity contribution in [2.45, 2.75) is 25.3 Å². The van der Waals surface area contributed by atoms with Crippen LogP contribution in [0.1, 0.15) is 30.9 Å². The van der Waals surface area contributed by atoms with Crippen molar-refractivity contribution >= 4 is 41.2 Å². The Morgan fingerprint density at radius 3 is 2.29 bits per heavy atom. The molecule has 5 rings (SSSR count). The van der Waals surface area contributed by atoms with E-state index in [1.54, 1.807) is 16.8 Å². The summed E-state index contributed by atoms with van der Waals surface area (Å²) in [6, 6.07) is 6.74. The van der Waals surface area contributed by atoms with Gasteiger partial charge in [-0.1, -0.05) is 35.9 Å². The molecule has 0 radical (unpaired) electrons. The number of benzene rings is 1. The van der Waals surface area contributed by atoms with Gasteiger partial charge in [-0.2, -0.15) is 4.98 Å². The highest BCUT2D eigenvalue weighted by Crippen LogP contribution is 2.38. The fourth-order valence-corrected chi connectivity index (χ4v) is 4.21. The van der Waals surface area contributed by atoms with E-state index in [1.165, 1.54) is 0 Å². The van der Waals surface area contributed by atoms with Crippen LogP contribution >= 0.6 is 11.6 Å². The molecule has 1 N–H and O–H groups in total. The van der Waals surface area contributed by atoms with Gasteiger partial charge in [-0.3, -0.25) is 19.7 Å². The van der Waals surface area contributed by atoms with Crippen molar-refractivity contribution in [3.8, 4) is 0 Å².